The van der Waals surface area contributed by atoms with Crippen LogP contribution in [0.1, 0.15) is 25.3 Å². The lowest BCUT2D eigenvalue weighted by Gasteiger charge is -2.22. The van der Waals surface area contributed by atoms with Gasteiger partial charge in [-0.25, -0.2) is 4.39 Å². The minimum Gasteiger partial charge on any atom is -0.333 e. The SMILES string of the molecule is CCCN(CC(=O)Nc1ccccc1C)C(=O)CCSc1ccc(F)cc1. The predicted octanol–water partition coefficient (Wildman–Crippen LogP) is 4.49. The molecular weight excluding hydrogens is 363 g/mol. The maximum absolute atomic E-state index is 12.9. The lowest BCUT2D eigenvalue weighted by atomic mass is 10.2. The second-order valence-corrected chi connectivity index (χ2v) is 7.40. The minimum atomic E-state index is -0.274. The summed E-state index contributed by atoms with van der Waals surface area (Å²) in [5.41, 5.74) is 1.74. The molecule has 6 heteroatoms. The molecule has 2 amide bonds. The van der Waals surface area contributed by atoms with Crippen molar-refractivity contribution in [3.63, 3.8) is 0 Å². The van der Waals surface area contributed by atoms with Gasteiger partial charge in [0.25, 0.3) is 0 Å². The summed E-state index contributed by atoms with van der Waals surface area (Å²) in [6, 6.07) is 13.8. The Morgan fingerprint density at radius 2 is 1.81 bits per heavy atom. The van der Waals surface area contributed by atoms with Crippen molar-refractivity contribution in [1.29, 1.82) is 0 Å². The zero-order valence-corrected chi connectivity index (χ0v) is 16.5. The molecule has 0 radical (unpaired) electrons. The first-order chi connectivity index (χ1) is 13.0. The molecule has 0 aliphatic heterocycles. The van der Waals surface area contributed by atoms with Crippen LogP contribution in [0.3, 0.4) is 0 Å². The van der Waals surface area contributed by atoms with Crippen LogP contribution in [0.5, 0.6) is 0 Å². The molecule has 0 saturated carbocycles. The van der Waals surface area contributed by atoms with Crippen LogP contribution in [0.2, 0.25) is 0 Å². The highest BCUT2D eigenvalue weighted by Gasteiger charge is 2.16. The maximum Gasteiger partial charge on any atom is 0.244 e. The molecule has 0 unspecified atom stereocenters. The number of thioether (sulfide) groups is 1. The number of hydrogen-bond acceptors (Lipinski definition) is 3. The number of carbonyl (C=O) groups is 2. The molecule has 0 aliphatic carbocycles. The number of amides is 2. The third kappa shape index (κ3) is 7.06. The molecule has 2 aromatic carbocycles. The van der Waals surface area contributed by atoms with E-state index in [0.717, 1.165) is 22.6 Å². The van der Waals surface area contributed by atoms with Crippen LogP contribution >= 0.6 is 11.8 Å². The van der Waals surface area contributed by atoms with Gasteiger partial charge in [-0.2, -0.15) is 0 Å². The average Bonchev–Trinajstić information content (AvgIpc) is 2.65. The van der Waals surface area contributed by atoms with Gasteiger partial charge in [-0.15, -0.1) is 11.8 Å². The Labute approximate surface area is 164 Å². The molecule has 0 aromatic heterocycles. The van der Waals surface area contributed by atoms with Crippen LogP contribution < -0.4 is 5.32 Å². The Kier molecular flexibility index (Phi) is 8.33. The van der Waals surface area contributed by atoms with Crippen molar-refractivity contribution in [3.8, 4) is 0 Å². The van der Waals surface area contributed by atoms with Gasteiger partial charge in [0, 0.05) is 29.3 Å². The Bertz CT molecular complexity index is 765. The summed E-state index contributed by atoms with van der Waals surface area (Å²) in [6.45, 7) is 4.49. The molecular formula is C21H25FN2O2S. The number of halogens is 1. The highest BCUT2D eigenvalue weighted by Crippen LogP contribution is 2.19. The van der Waals surface area contributed by atoms with E-state index in [1.54, 1.807) is 17.0 Å². The van der Waals surface area contributed by atoms with Gasteiger partial charge >= 0.3 is 0 Å². The van der Waals surface area contributed by atoms with E-state index in [2.05, 4.69) is 5.32 Å². The Morgan fingerprint density at radius 1 is 1.11 bits per heavy atom. The van der Waals surface area contributed by atoms with Gasteiger partial charge in [-0.1, -0.05) is 25.1 Å². The monoisotopic (exact) mass is 388 g/mol. The van der Waals surface area contributed by atoms with Crippen molar-refractivity contribution in [2.24, 2.45) is 0 Å². The number of hydrogen-bond donors (Lipinski definition) is 1. The van der Waals surface area contributed by atoms with E-state index in [0.29, 0.717) is 18.7 Å². The summed E-state index contributed by atoms with van der Waals surface area (Å²) in [5.74, 6) is 0.0669. The molecule has 0 atom stereocenters. The van der Waals surface area contributed by atoms with E-state index in [1.807, 2.05) is 38.1 Å². The van der Waals surface area contributed by atoms with Crippen molar-refractivity contribution < 1.29 is 14.0 Å². The quantitative estimate of drug-likeness (QED) is 0.644. The summed E-state index contributed by atoms with van der Waals surface area (Å²) in [6.07, 6.45) is 1.12. The lowest BCUT2D eigenvalue weighted by Crippen LogP contribution is -2.38. The fourth-order valence-electron chi connectivity index (χ4n) is 2.58. The summed E-state index contributed by atoms with van der Waals surface area (Å²) in [7, 11) is 0. The molecule has 0 bridgehead atoms. The highest BCUT2D eigenvalue weighted by molar-refractivity contribution is 7.99. The number of para-hydroxylation sites is 1. The number of benzene rings is 2. The summed E-state index contributed by atoms with van der Waals surface area (Å²) in [5, 5.41) is 2.87. The molecule has 0 fully saturated rings. The number of nitrogens with zero attached hydrogens (tertiary/aromatic N) is 1. The summed E-state index contributed by atoms with van der Waals surface area (Å²) in [4.78, 5) is 27.4. The average molecular weight is 389 g/mol. The largest absolute Gasteiger partial charge is 0.333 e. The first kappa shape index (κ1) is 21.0. The van der Waals surface area contributed by atoms with Gasteiger partial charge in [0.15, 0.2) is 0 Å². The molecule has 1 N–H and O–H groups in total. The molecule has 2 aromatic rings. The zero-order valence-electron chi connectivity index (χ0n) is 15.7. The molecule has 2 rings (SSSR count). The number of nitrogens with one attached hydrogen (secondary N) is 1. The molecule has 27 heavy (non-hydrogen) atoms. The molecule has 144 valence electrons. The Hall–Kier alpha value is -2.34. The third-order valence-corrected chi connectivity index (χ3v) is 5.01. The molecule has 0 aliphatic rings. The van der Waals surface area contributed by atoms with Gasteiger partial charge < -0.3 is 10.2 Å². The third-order valence-electron chi connectivity index (χ3n) is 4.00. The van der Waals surface area contributed by atoms with Gasteiger partial charge in [0.1, 0.15) is 5.82 Å². The standard InChI is InChI=1S/C21H25FN2O2S/c1-3-13-24(15-20(25)23-19-7-5-4-6-16(19)2)21(26)12-14-27-18-10-8-17(22)9-11-18/h4-11H,3,12-15H2,1-2H3,(H,23,25). The first-order valence-electron chi connectivity index (χ1n) is 9.01. The van der Waals surface area contributed by atoms with E-state index in [4.69, 9.17) is 0 Å². The normalized spacial score (nSPS) is 10.5. The van der Waals surface area contributed by atoms with Crippen LogP contribution in [0.15, 0.2) is 53.4 Å². The smallest absolute Gasteiger partial charge is 0.244 e. The van der Waals surface area contributed by atoms with E-state index >= 15 is 0 Å². The van der Waals surface area contributed by atoms with E-state index in [1.165, 1.54) is 23.9 Å². The van der Waals surface area contributed by atoms with E-state index in [-0.39, 0.29) is 24.2 Å². The second kappa shape index (κ2) is 10.7. The van der Waals surface area contributed by atoms with Crippen LogP contribution in [0.25, 0.3) is 0 Å². The Morgan fingerprint density at radius 3 is 2.48 bits per heavy atom. The topological polar surface area (TPSA) is 49.4 Å². The maximum atomic E-state index is 12.9. The molecule has 4 nitrogen and oxygen atoms in total. The molecule has 0 spiro atoms. The van der Waals surface area contributed by atoms with Crippen molar-refractivity contribution >= 4 is 29.3 Å². The number of carbonyl (C=O) groups excluding carboxylic acids is 2. The predicted molar refractivity (Wildman–Crippen MR) is 108 cm³/mol. The van der Waals surface area contributed by atoms with Gasteiger partial charge in [0.05, 0.1) is 6.54 Å². The van der Waals surface area contributed by atoms with E-state index in [9.17, 15) is 14.0 Å². The van der Waals surface area contributed by atoms with Crippen molar-refractivity contribution in [2.75, 3.05) is 24.2 Å². The van der Waals surface area contributed by atoms with Crippen molar-refractivity contribution in [1.82, 2.24) is 4.90 Å². The fourth-order valence-corrected chi connectivity index (χ4v) is 3.42. The number of rotatable bonds is 9. The van der Waals surface area contributed by atoms with Crippen LogP contribution in [0.4, 0.5) is 10.1 Å². The minimum absolute atomic E-state index is 0.0439. The first-order valence-corrected chi connectivity index (χ1v) is 9.99. The van der Waals surface area contributed by atoms with Crippen LogP contribution in [-0.2, 0) is 9.59 Å². The number of aryl methyl sites for hydroxylation is 1. The van der Waals surface area contributed by atoms with Crippen LogP contribution in [-0.4, -0.2) is 35.6 Å². The fraction of sp³-hybridized carbons (Fsp3) is 0.333. The molecule has 0 heterocycles. The molecule has 0 saturated heterocycles. The highest BCUT2D eigenvalue weighted by atomic mass is 32.2. The summed E-state index contributed by atoms with van der Waals surface area (Å²) >= 11 is 1.50. The second-order valence-electron chi connectivity index (χ2n) is 6.23. The van der Waals surface area contributed by atoms with Crippen LogP contribution in [0, 0.1) is 12.7 Å². The van der Waals surface area contributed by atoms with E-state index < -0.39 is 0 Å². The number of anilines is 1. The lowest BCUT2D eigenvalue weighted by molar-refractivity contribution is -0.134. The zero-order chi connectivity index (χ0) is 19.6. The van der Waals surface area contributed by atoms with Gasteiger partial charge in [-0.3, -0.25) is 9.59 Å². The van der Waals surface area contributed by atoms with Gasteiger partial charge in [-0.05, 0) is 49.2 Å². The van der Waals surface area contributed by atoms with Crippen molar-refractivity contribution in [2.45, 2.75) is 31.6 Å². The van der Waals surface area contributed by atoms with Crippen molar-refractivity contribution in [3.05, 3.63) is 59.9 Å². The Balaban J connectivity index is 1.85. The van der Waals surface area contributed by atoms with Gasteiger partial charge in [0.2, 0.25) is 11.8 Å². The summed E-state index contributed by atoms with van der Waals surface area (Å²) < 4.78 is 12.9.